The van der Waals surface area contributed by atoms with E-state index in [4.69, 9.17) is 5.73 Å². The summed E-state index contributed by atoms with van der Waals surface area (Å²) in [7, 11) is 0. The average Bonchev–Trinajstić information content (AvgIpc) is 3.44. The highest BCUT2D eigenvalue weighted by Gasteiger charge is 2.37. The van der Waals surface area contributed by atoms with Gasteiger partial charge >= 0.3 is 0 Å². The van der Waals surface area contributed by atoms with E-state index in [2.05, 4.69) is 15.0 Å². The summed E-state index contributed by atoms with van der Waals surface area (Å²) in [6.07, 6.45) is 5.60. The number of carbonyl (C=O) groups excluding carboxylic acids is 3. The number of nitrogens with one attached hydrogen (secondary N) is 2. The van der Waals surface area contributed by atoms with Crippen LogP contribution in [-0.2, 0) is 11.2 Å². The Kier molecular flexibility index (Phi) is 10.2. The fourth-order valence-corrected chi connectivity index (χ4v) is 6.46. The van der Waals surface area contributed by atoms with Crippen LogP contribution in [0.25, 0.3) is 0 Å². The van der Waals surface area contributed by atoms with Crippen LogP contribution in [0.4, 0.5) is 15.8 Å². The summed E-state index contributed by atoms with van der Waals surface area (Å²) in [6.45, 7) is 4.12. The summed E-state index contributed by atoms with van der Waals surface area (Å²) in [5, 5.41) is 6.00. The third-order valence-corrected chi connectivity index (χ3v) is 9.23. The van der Waals surface area contributed by atoms with E-state index in [0.717, 1.165) is 60.3 Å². The lowest BCUT2D eigenvalue weighted by atomic mass is 9.95. The molecular formula is C35H38FN5O3S. The Hall–Kier alpha value is -4.57. The minimum absolute atomic E-state index is 0.000447. The van der Waals surface area contributed by atoms with Crippen molar-refractivity contribution in [2.45, 2.75) is 64.5 Å². The number of anilines is 2. The van der Waals surface area contributed by atoms with Crippen molar-refractivity contribution in [2.24, 2.45) is 0 Å². The number of hydrogen-bond donors (Lipinski definition) is 3. The average molecular weight is 628 g/mol. The quantitative estimate of drug-likeness (QED) is 0.191. The van der Waals surface area contributed by atoms with Gasteiger partial charge in [-0.15, -0.1) is 0 Å². The third kappa shape index (κ3) is 7.39. The Morgan fingerprint density at radius 3 is 2.40 bits per heavy atom. The molecule has 10 heteroatoms. The van der Waals surface area contributed by atoms with Gasteiger partial charge in [-0.1, -0.05) is 73.9 Å². The maximum Gasteiger partial charge on any atom is 0.273 e. The van der Waals surface area contributed by atoms with Crippen molar-refractivity contribution in [3.05, 3.63) is 111 Å². The van der Waals surface area contributed by atoms with Gasteiger partial charge < -0.3 is 16.4 Å². The van der Waals surface area contributed by atoms with E-state index in [0.29, 0.717) is 24.2 Å². The number of nitrogens with zero attached hydrogens (tertiary/aromatic N) is 2. The molecule has 0 spiro atoms. The van der Waals surface area contributed by atoms with Crippen molar-refractivity contribution >= 4 is 40.6 Å². The van der Waals surface area contributed by atoms with Gasteiger partial charge in [-0.05, 0) is 85.1 Å². The maximum absolute atomic E-state index is 14.6. The number of aromatic nitrogens is 1. The van der Waals surface area contributed by atoms with Crippen molar-refractivity contribution in [3.63, 3.8) is 0 Å². The maximum atomic E-state index is 14.6. The first-order valence-corrected chi connectivity index (χ1v) is 16.0. The van der Waals surface area contributed by atoms with Crippen molar-refractivity contribution in [1.29, 1.82) is 0 Å². The number of rotatable bonds is 10. The summed E-state index contributed by atoms with van der Waals surface area (Å²) in [5.41, 5.74) is 10.1. The van der Waals surface area contributed by atoms with Crippen LogP contribution in [0.3, 0.4) is 0 Å². The van der Waals surface area contributed by atoms with Gasteiger partial charge in [-0.2, -0.15) is 4.37 Å². The van der Waals surface area contributed by atoms with Gasteiger partial charge in [-0.25, -0.2) is 4.39 Å². The smallest absolute Gasteiger partial charge is 0.273 e. The molecule has 1 atom stereocenters. The molecule has 4 aromatic rings. The zero-order valence-electron chi connectivity index (χ0n) is 25.5. The third-order valence-electron chi connectivity index (χ3n) is 8.38. The van der Waals surface area contributed by atoms with E-state index in [-0.39, 0.29) is 22.3 Å². The molecule has 1 aromatic heterocycles. The number of aryl methyl sites for hydroxylation is 1. The normalized spacial score (nSPS) is 14.0. The monoisotopic (exact) mass is 627 g/mol. The molecule has 1 saturated carbocycles. The van der Waals surface area contributed by atoms with E-state index in [1.165, 1.54) is 29.2 Å². The molecule has 0 aliphatic heterocycles. The molecule has 1 fully saturated rings. The summed E-state index contributed by atoms with van der Waals surface area (Å²) < 4.78 is 18.4. The first kappa shape index (κ1) is 31.8. The Morgan fingerprint density at radius 2 is 1.69 bits per heavy atom. The second kappa shape index (κ2) is 14.5. The van der Waals surface area contributed by atoms with E-state index < -0.39 is 29.6 Å². The van der Waals surface area contributed by atoms with Gasteiger partial charge in [0.25, 0.3) is 11.8 Å². The molecule has 3 amide bonds. The topological polar surface area (TPSA) is 117 Å². The van der Waals surface area contributed by atoms with Gasteiger partial charge in [0, 0.05) is 18.3 Å². The van der Waals surface area contributed by atoms with Crippen molar-refractivity contribution in [2.75, 3.05) is 17.2 Å². The van der Waals surface area contributed by atoms with E-state index in [1.807, 2.05) is 56.3 Å². The van der Waals surface area contributed by atoms with Gasteiger partial charge in [-0.3, -0.25) is 19.3 Å². The molecule has 3 aromatic carbocycles. The number of nitrogen functional groups attached to an aromatic ring is 1. The molecule has 1 aliphatic rings. The van der Waals surface area contributed by atoms with Crippen molar-refractivity contribution < 1.29 is 18.8 Å². The molecule has 4 N–H and O–H groups in total. The van der Waals surface area contributed by atoms with Crippen LogP contribution in [0.2, 0.25) is 0 Å². The molecule has 0 radical (unpaired) electrons. The van der Waals surface area contributed by atoms with Gasteiger partial charge in [0.1, 0.15) is 16.7 Å². The Bertz CT molecular complexity index is 1650. The minimum Gasteiger partial charge on any atom is -0.395 e. The SMILES string of the molecule is Cc1cccc(N(C(=O)c2snc(C(=O)NC3CCCCC3)c2N)[C@@H](C(=O)NCCc2ccccc2)c2ccc(F)cc2)c1C. The van der Waals surface area contributed by atoms with E-state index >= 15 is 0 Å². The number of hydrogen-bond acceptors (Lipinski definition) is 6. The highest BCUT2D eigenvalue weighted by atomic mass is 32.1. The van der Waals surface area contributed by atoms with Crippen LogP contribution in [0, 0.1) is 19.7 Å². The molecule has 234 valence electrons. The van der Waals surface area contributed by atoms with E-state index in [9.17, 15) is 18.8 Å². The van der Waals surface area contributed by atoms with Crippen molar-refractivity contribution in [3.8, 4) is 0 Å². The lowest BCUT2D eigenvalue weighted by Gasteiger charge is -2.32. The van der Waals surface area contributed by atoms with Crippen LogP contribution >= 0.6 is 11.5 Å². The van der Waals surface area contributed by atoms with Gasteiger partial charge in [0.15, 0.2) is 5.69 Å². The highest BCUT2D eigenvalue weighted by Crippen LogP contribution is 2.36. The predicted octanol–water partition coefficient (Wildman–Crippen LogP) is 6.29. The van der Waals surface area contributed by atoms with Crippen molar-refractivity contribution in [1.82, 2.24) is 15.0 Å². The molecular weight excluding hydrogens is 589 g/mol. The number of carbonyl (C=O) groups is 3. The lowest BCUT2D eigenvalue weighted by molar-refractivity contribution is -0.122. The standard InChI is InChI=1S/C35H38FN5O3S/c1-22-10-9-15-28(23(22)2)41(35(44)32-29(37)30(40-45-32)33(42)39-27-13-7-4-8-14-27)31(25-16-18-26(36)19-17-25)34(43)38-21-20-24-11-5-3-6-12-24/h3,5-6,9-12,15-19,27,31H,4,7-8,13-14,20-21,37H2,1-2H3,(H,38,43)(H,39,42)/t31-/m1/s1. The first-order valence-electron chi connectivity index (χ1n) is 15.3. The van der Waals surface area contributed by atoms with Crippen LogP contribution in [0.1, 0.15) is 80.6 Å². The Labute approximate surface area is 267 Å². The van der Waals surface area contributed by atoms with Crippen LogP contribution < -0.4 is 21.3 Å². The molecule has 0 saturated heterocycles. The first-order chi connectivity index (χ1) is 21.7. The lowest BCUT2D eigenvalue weighted by Crippen LogP contribution is -2.45. The summed E-state index contributed by atoms with van der Waals surface area (Å²) >= 11 is 0.831. The summed E-state index contributed by atoms with van der Waals surface area (Å²) in [5.74, 6) is -1.90. The number of halogens is 1. The fourth-order valence-electron chi connectivity index (χ4n) is 5.72. The molecule has 1 aliphatic carbocycles. The summed E-state index contributed by atoms with van der Waals surface area (Å²) in [4.78, 5) is 43.3. The largest absolute Gasteiger partial charge is 0.395 e. The molecule has 5 rings (SSSR count). The van der Waals surface area contributed by atoms with Gasteiger partial charge in [0.05, 0.1) is 5.69 Å². The number of benzene rings is 3. The number of nitrogens with two attached hydrogens (primary N) is 1. The Morgan fingerprint density at radius 1 is 0.978 bits per heavy atom. The molecule has 8 nitrogen and oxygen atoms in total. The van der Waals surface area contributed by atoms with Crippen LogP contribution in [-0.4, -0.2) is 34.7 Å². The van der Waals surface area contributed by atoms with E-state index in [1.54, 1.807) is 6.07 Å². The molecule has 45 heavy (non-hydrogen) atoms. The molecule has 0 unspecified atom stereocenters. The van der Waals surface area contributed by atoms with Crippen LogP contribution in [0.5, 0.6) is 0 Å². The second-order valence-electron chi connectivity index (χ2n) is 11.5. The zero-order chi connectivity index (χ0) is 31.9. The van der Waals surface area contributed by atoms with Gasteiger partial charge in [0.2, 0.25) is 5.91 Å². The zero-order valence-corrected chi connectivity index (χ0v) is 26.3. The number of amides is 3. The Balaban J connectivity index is 1.52. The fraction of sp³-hybridized carbons (Fsp3) is 0.314. The minimum atomic E-state index is -1.17. The second-order valence-corrected chi connectivity index (χ2v) is 12.2. The summed E-state index contributed by atoms with van der Waals surface area (Å²) in [6, 6.07) is 19.6. The predicted molar refractivity (Wildman–Crippen MR) is 176 cm³/mol. The van der Waals surface area contributed by atoms with Crippen LogP contribution in [0.15, 0.2) is 72.8 Å². The molecule has 1 heterocycles. The molecule has 0 bridgehead atoms. The highest BCUT2D eigenvalue weighted by molar-refractivity contribution is 7.09.